The second-order valence-electron chi connectivity index (χ2n) is 3.73. The van der Waals surface area contributed by atoms with Gasteiger partial charge in [0.25, 0.3) is 0 Å². The van der Waals surface area contributed by atoms with Gasteiger partial charge < -0.3 is 5.32 Å². The van der Waals surface area contributed by atoms with E-state index in [1.807, 2.05) is 13.0 Å². The van der Waals surface area contributed by atoms with Gasteiger partial charge in [-0.1, -0.05) is 13.8 Å². The standard InChI is InChI=1S/C11H19N3/c1-5-12-10(4)9(3)11-7-6-8(2)13-14-11/h6-7,9-10,12H,5H2,1-4H3. The first-order valence-corrected chi connectivity index (χ1v) is 5.18. The van der Waals surface area contributed by atoms with Gasteiger partial charge in [0.1, 0.15) is 0 Å². The first kappa shape index (κ1) is 11.1. The molecule has 1 heterocycles. The molecule has 0 saturated carbocycles. The maximum absolute atomic E-state index is 4.19. The van der Waals surface area contributed by atoms with Gasteiger partial charge >= 0.3 is 0 Å². The molecule has 0 radical (unpaired) electrons. The Morgan fingerprint density at radius 2 is 2.00 bits per heavy atom. The normalized spacial score (nSPS) is 15.1. The smallest absolute Gasteiger partial charge is 0.0674 e. The fourth-order valence-corrected chi connectivity index (χ4v) is 1.41. The molecule has 3 heteroatoms. The van der Waals surface area contributed by atoms with Crippen molar-refractivity contribution in [1.29, 1.82) is 0 Å². The van der Waals surface area contributed by atoms with Crippen molar-refractivity contribution in [2.45, 2.75) is 39.7 Å². The van der Waals surface area contributed by atoms with E-state index in [2.05, 4.69) is 42.4 Å². The molecule has 1 aromatic rings. The Morgan fingerprint density at radius 1 is 1.29 bits per heavy atom. The van der Waals surface area contributed by atoms with Crippen LogP contribution < -0.4 is 5.32 Å². The largest absolute Gasteiger partial charge is 0.314 e. The maximum Gasteiger partial charge on any atom is 0.0674 e. The maximum atomic E-state index is 4.19. The van der Waals surface area contributed by atoms with Gasteiger partial charge in [0.2, 0.25) is 0 Å². The lowest BCUT2D eigenvalue weighted by Crippen LogP contribution is -2.31. The molecule has 1 rings (SSSR count). The van der Waals surface area contributed by atoms with Crippen molar-refractivity contribution in [3.63, 3.8) is 0 Å². The summed E-state index contributed by atoms with van der Waals surface area (Å²) in [7, 11) is 0. The summed E-state index contributed by atoms with van der Waals surface area (Å²) in [4.78, 5) is 0. The molecule has 0 aliphatic carbocycles. The number of rotatable bonds is 4. The number of aromatic nitrogens is 2. The fraction of sp³-hybridized carbons (Fsp3) is 0.636. The van der Waals surface area contributed by atoms with Crippen molar-refractivity contribution in [3.05, 3.63) is 23.5 Å². The number of likely N-dealkylation sites (N-methyl/N-ethyl adjacent to an activating group) is 1. The summed E-state index contributed by atoms with van der Waals surface area (Å²) < 4.78 is 0. The van der Waals surface area contributed by atoms with E-state index in [9.17, 15) is 0 Å². The third-order valence-corrected chi connectivity index (χ3v) is 2.56. The monoisotopic (exact) mass is 193 g/mol. The predicted molar refractivity (Wildman–Crippen MR) is 58.3 cm³/mol. The SMILES string of the molecule is CCNC(C)C(C)c1ccc(C)nn1. The predicted octanol–water partition coefficient (Wildman–Crippen LogP) is 1.89. The van der Waals surface area contributed by atoms with Crippen molar-refractivity contribution in [3.8, 4) is 0 Å². The molecule has 1 N–H and O–H groups in total. The Morgan fingerprint density at radius 3 is 2.50 bits per heavy atom. The molecule has 3 nitrogen and oxygen atoms in total. The molecule has 0 bridgehead atoms. The van der Waals surface area contributed by atoms with Crippen LogP contribution in [0.1, 0.15) is 38.1 Å². The summed E-state index contributed by atoms with van der Waals surface area (Å²) in [5, 5.41) is 11.6. The summed E-state index contributed by atoms with van der Waals surface area (Å²) in [6.45, 7) is 9.41. The molecule has 2 unspecified atom stereocenters. The zero-order valence-electron chi connectivity index (χ0n) is 9.41. The molecule has 1 aromatic heterocycles. The van der Waals surface area contributed by atoms with Crippen LogP contribution in [0.25, 0.3) is 0 Å². The molecule has 0 aromatic carbocycles. The van der Waals surface area contributed by atoms with E-state index in [0.717, 1.165) is 17.9 Å². The van der Waals surface area contributed by atoms with Crippen molar-refractivity contribution < 1.29 is 0 Å². The van der Waals surface area contributed by atoms with Gasteiger partial charge in [-0.25, -0.2) is 0 Å². The van der Waals surface area contributed by atoms with Crippen LogP contribution in [-0.2, 0) is 0 Å². The van der Waals surface area contributed by atoms with Crippen LogP contribution in [0.4, 0.5) is 0 Å². The Bertz CT molecular complexity index is 268. The molecule has 2 atom stereocenters. The third-order valence-electron chi connectivity index (χ3n) is 2.56. The Labute approximate surface area is 85.9 Å². The van der Waals surface area contributed by atoms with Gasteiger partial charge in [0.05, 0.1) is 11.4 Å². The highest BCUT2D eigenvalue weighted by atomic mass is 15.1. The highest BCUT2D eigenvalue weighted by molar-refractivity contribution is 5.11. The molecule has 0 aliphatic rings. The number of nitrogens with one attached hydrogen (secondary N) is 1. The quantitative estimate of drug-likeness (QED) is 0.793. The Hall–Kier alpha value is -0.960. The zero-order chi connectivity index (χ0) is 10.6. The van der Waals surface area contributed by atoms with Gasteiger partial charge in [0, 0.05) is 12.0 Å². The summed E-state index contributed by atoms with van der Waals surface area (Å²) in [6.07, 6.45) is 0. The van der Waals surface area contributed by atoms with Crippen LogP contribution in [0.15, 0.2) is 12.1 Å². The second kappa shape index (κ2) is 5.05. The van der Waals surface area contributed by atoms with Crippen LogP contribution in [0.5, 0.6) is 0 Å². The summed E-state index contributed by atoms with van der Waals surface area (Å²) in [5.41, 5.74) is 2.03. The van der Waals surface area contributed by atoms with Gasteiger partial charge in [0.15, 0.2) is 0 Å². The van der Waals surface area contributed by atoms with Gasteiger partial charge in [-0.2, -0.15) is 10.2 Å². The van der Waals surface area contributed by atoms with E-state index >= 15 is 0 Å². The highest BCUT2D eigenvalue weighted by Gasteiger charge is 2.14. The summed E-state index contributed by atoms with van der Waals surface area (Å²) >= 11 is 0. The van der Waals surface area contributed by atoms with Crippen molar-refractivity contribution >= 4 is 0 Å². The molecule has 0 spiro atoms. The van der Waals surface area contributed by atoms with Crippen LogP contribution in [0, 0.1) is 6.92 Å². The van der Waals surface area contributed by atoms with E-state index in [1.165, 1.54) is 0 Å². The lowest BCUT2D eigenvalue weighted by Gasteiger charge is -2.19. The average Bonchev–Trinajstić information content (AvgIpc) is 2.18. The number of hydrogen-bond donors (Lipinski definition) is 1. The second-order valence-corrected chi connectivity index (χ2v) is 3.73. The van der Waals surface area contributed by atoms with Crippen LogP contribution >= 0.6 is 0 Å². The van der Waals surface area contributed by atoms with E-state index in [1.54, 1.807) is 0 Å². The van der Waals surface area contributed by atoms with E-state index < -0.39 is 0 Å². The van der Waals surface area contributed by atoms with Crippen LogP contribution in [0.2, 0.25) is 0 Å². The number of nitrogens with zero attached hydrogens (tertiary/aromatic N) is 2. The van der Waals surface area contributed by atoms with E-state index in [0.29, 0.717) is 12.0 Å². The molecular weight excluding hydrogens is 174 g/mol. The topological polar surface area (TPSA) is 37.8 Å². The van der Waals surface area contributed by atoms with Crippen molar-refractivity contribution in [2.24, 2.45) is 0 Å². The third kappa shape index (κ3) is 2.77. The molecule has 0 amide bonds. The summed E-state index contributed by atoms with van der Waals surface area (Å²) in [5.74, 6) is 0.406. The average molecular weight is 193 g/mol. The number of hydrogen-bond acceptors (Lipinski definition) is 3. The highest BCUT2D eigenvalue weighted by Crippen LogP contribution is 2.15. The van der Waals surface area contributed by atoms with E-state index in [-0.39, 0.29) is 0 Å². The first-order valence-electron chi connectivity index (χ1n) is 5.18. The summed E-state index contributed by atoms with van der Waals surface area (Å²) in [6, 6.07) is 4.51. The Kier molecular flexibility index (Phi) is 4.01. The lowest BCUT2D eigenvalue weighted by molar-refractivity contribution is 0.484. The van der Waals surface area contributed by atoms with Crippen molar-refractivity contribution in [2.75, 3.05) is 6.54 Å². The zero-order valence-corrected chi connectivity index (χ0v) is 9.41. The van der Waals surface area contributed by atoms with Gasteiger partial charge in [-0.05, 0) is 32.5 Å². The molecule has 0 fully saturated rings. The minimum absolute atomic E-state index is 0.406. The molecule has 78 valence electrons. The molecule has 0 saturated heterocycles. The van der Waals surface area contributed by atoms with Gasteiger partial charge in [-0.3, -0.25) is 0 Å². The lowest BCUT2D eigenvalue weighted by atomic mass is 9.99. The Balaban J connectivity index is 2.68. The van der Waals surface area contributed by atoms with Crippen molar-refractivity contribution in [1.82, 2.24) is 15.5 Å². The minimum Gasteiger partial charge on any atom is -0.314 e. The first-order chi connectivity index (χ1) is 6.65. The molecule has 0 aliphatic heterocycles. The van der Waals surface area contributed by atoms with Crippen LogP contribution in [-0.4, -0.2) is 22.8 Å². The van der Waals surface area contributed by atoms with Crippen LogP contribution in [0.3, 0.4) is 0 Å². The van der Waals surface area contributed by atoms with E-state index in [4.69, 9.17) is 0 Å². The molecular formula is C11H19N3. The number of aryl methyl sites for hydroxylation is 1. The van der Waals surface area contributed by atoms with Gasteiger partial charge in [-0.15, -0.1) is 0 Å². The molecule has 14 heavy (non-hydrogen) atoms. The minimum atomic E-state index is 0.406. The fourth-order valence-electron chi connectivity index (χ4n) is 1.41.